The van der Waals surface area contributed by atoms with Gasteiger partial charge in [-0.1, -0.05) is 11.6 Å². The first-order chi connectivity index (χ1) is 8.58. The van der Waals surface area contributed by atoms with E-state index in [0.717, 1.165) is 0 Å². The number of ether oxygens (including phenoxy) is 2. The fourth-order valence-corrected chi connectivity index (χ4v) is 1.34. The molecular weight excluding hydrogens is 258 g/mol. The van der Waals surface area contributed by atoms with Gasteiger partial charge in [0.2, 0.25) is 0 Å². The van der Waals surface area contributed by atoms with Crippen LogP contribution in [-0.4, -0.2) is 30.6 Å². The smallest absolute Gasteiger partial charge is 0.341 e. The summed E-state index contributed by atoms with van der Waals surface area (Å²) in [6, 6.07) is 1.48. The number of carbonyl (C=O) groups excluding carboxylic acids is 2. The Morgan fingerprint density at radius 2 is 2.22 bits per heavy atom. The molecule has 0 saturated heterocycles. The quantitative estimate of drug-likeness (QED) is 0.476. The predicted octanol–water partition coefficient (Wildman–Crippen LogP) is 2.10. The normalized spacial score (nSPS) is 10.4. The topological polar surface area (TPSA) is 65.5 Å². The van der Waals surface area contributed by atoms with Gasteiger partial charge in [0.15, 0.2) is 0 Å². The maximum absolute atomic E-state index is 11.4. The summed E-state index contributed by atoms with van der Waals surface area (Å²) >= 11 is 5.75. The number of rotatable bonds is 4. The summed E-state index contributed by atoms with van der Waals surface area (Å²) in [6.45, 7) is 2.01. The van der Waals surface area contributed by atoms with Crippen molar-refractivity contribution in [3.8, 4) is 0 Å². The molecular formula is C12H12ClNO4. The first kappa shape index (κ1) is 14.2. The summed E-state index contributed by atoms with van der Waals surface area (Å²) in [7, 11) is 1.25. The molecule has 0 fully saturated rings. The molecule has 0 saturated carbocycles. The summed E-state index contributed by atoms with van der Waals surface area (Å²) < 4.78 is 9.28. The molecule has 1 rings (SSSR count). The average Bonchev–Trinajstić information content (AvgIpc) is 2.37. The molecule has 0 radical (unpaired) electrons. The van der Waals surface area contributed by atoms with Crippen LogP contribution in [0.3, 0.4) is 0 Å². The molecule has 0 amide bonds. The lowest BCUT2D eigenvalue weighted by molar-refractivity contribution is -0.137. The Bertz CT molecular complexity index is 485. The lowest BCUT2D eigenvalue weighted by Gasteiger charge is -2.02. The molecule has 0 aliphatic heterocycles. The number of nitrogens with zero attached hydrogens (tertiary/aromatic N) is 1. The number of esters is 2. The van der Waals surface area contributed by atoms with E-state index >= 15 is 0 Å². The van der Waals surface area contributed by atoms with E-state index in [1.807, 2.05) is 0 Å². The summed E-state index contributed by atoms with van der Waals surface area (Å²) in [4.78, 5) is 26.3. The molecule has 5 nitrogen and oxygen atoms in total. The van der Waals surface area contributed by atoms with Gasteiger partial charge in [0.05, 0.1) is 19.3 Å². The minimum atomic E-state index is -0.584. The highest BCUT2D eigenvalue weighted by molar-refractivity contribution is 6.32. The lowest BCUT2D eigenvalue weighted by atomic mass is 10.2. The van der Waals surface area contributed by atoms with Crippen LogP contribution < -0.4 is 0 Å². The number of aromatic nitrogens is 1. The van der Waals surface area contributed by atoms with Crippen LogP contribution in [0.25, 0.3) is 6.08 Å². The zero-order valence-corrected chi connectivity index (χ0v) is 10.7. The maximum atomic E-state index is 11.4. The number of hydrogen-bond donors (Lipinski definition) is 0. The van der Waals surface area contributed by atoms with Gasteiger partial charge in [-0.25, -0.2) is 14.6 Å². The molecule has 0 unspecified atom stereocenters. The van der Waals surface area contributed by atoms with Crippen LogP contribution in [0.4, 0.5) is 0 Å². The fourth-order valence-electron chi connectivity index (χ4n) is 1.16. The SMILES string of the molecule is CCOC(=O)C=Cc1cnc(Cl)c(C(=O)OC)c1. The van der Waals surface area contributed by atoms with Crippen LogP contribution in [0.1, 0.15) is 22.8 Å². The van der Waals surface area contributed by atoms with Crippen molar-refractivity contribution < 1.29 is 19.1 Å². The van der Waals surface area contributed by atoms with E-state index in [0.29, 0.717) is 12.2 Å². The van der Waals surface area contributed by atoms with Crippen molar-refractivity contribution in [2.45, 2.75) is 6.92 Å². The Morgan fingerprint density at radius 1 is 1.50 bits per heavy atom. The highest BCUT2D eigenvalue weighted by Gasteiger charge is 2.11. The van der Waals surface area contributed by atoms with Gasteiger partial charge in [0.1, 0.15) is 5.15 Å². The lowest BCUT2D eigenvalue weighted by Crippen LogP contribution is -2.04. The summed E-state index contributed by atoms with van der Waals surface area (Å²) in [5.74, 6) is -1.05. The van der Waals surface area contributed by atoms with Crippen LogP contribution >= 0.6 is 11.6 Å². The van der Waals surface area contributed by atoms with E-state index in [4.69, 9.17) is 16.3 Å². The molecule has 0 aliphatic carbocycles. The Morgan fingerprint density at radius 3 is 2.83 bits per heavy atom. The Kier molecular flexibility index (Phi) is 5.32. The zero-order chi connectivity index (χ0) is 13.5. The first-order valence-electron chi connectivity index (χ1n) is 5.17. The predicted molar refractivity (Wildman–Crippen MR) is 66.3 cm³/mol. The second-order valence-corrected chi connectivity index (χ2v) is 3.54. The van der Waals surface area contributed by atoms with Crippen molar-refractivity contribution >= 4 is 29.6 Å². The van der Waals surface area contributed by atoms with Gasteiger partial charge >= 0.3 is 11.9 Å². The first-order valence-corrected chi connectivity index (χ1v) is 5.55. The number of halogens is 1. The van der Waals surface area contributed by atoms with Crippen LogP contribution in [0.2, 0.25) is 5.15 Å². The minimum absolute atomic E-state index is 0.0511. The Balaban J connectivity index is 2.92. The Hall–Kier alpha value is -1.88. The molecule has 0 aromatic carbocycles. The van der Waals surface area contributed by atoms with Crippen molar-refractivity contribution in [3.63, 3.8) is 0 Å². The highest BCUT2D eigenvalue weighted by Crippen LogP contribution is 2.16. The van der Waals surface area contributed by atoms with Crippen LogP contribution in [0.5, 0.6) is 0 Å². The van der Waals surface area contributed by atoms with Crippen molar-refractivity contribution in [1.82, 2.24) is 4.98 Å². The molecule has 1 aromatic heterocycles. The van der Waals surface area contributed by atoms with E-state index in [-0.39, 0.29) is 10.7 Å². The fraction of sp³-hybridized carbons (Fsp3) is 0.250. The molecule has 0 spiro atoms. The van der Waals surface area contributed by atoms with Gasteiger partial charge in [-0.2, -0.15) is 0 Å². The summed E-state index contributed by atoms with van der Waals surface area (Å²) in [5, 5.41) is 0.0511. The van der Waals surface area contributed by atoms with Gasteiger partial charge in [0.25, 0.3) is 0 Å². The molecule has 0 N–H and O–H groups in total. The van der Waals surface area contributed by atoms with Crippen molar-refractivity contribution in [2.24, 2.45) is 0 Å². The van der Waals surface area contributed by atoms with Crippen molar-refractivity contribution in [1.29, 1.82) is 0 Å². The second-order valence-electron chi connectivity index (χ2n) is 3.18. The van der Waals surface area contributed by atoms with E-state index < -0.39 is 11.9 Å². The highest BCUT2D eigenvalue weighted by atomic mass is 35.5. The zero-order valence-electron chi connectivity index (χ0n) is 9.97. The molecule has 6 heteroatoms. The molecule has 1 heterocycles. The van der Waals surface area contributed by atoms with Crippen LogP contribution in [0, 0.1) is 0 Å². The average molecular weight is 270 g/mol. The number of hydrogen-bond acceptors (Lipinski definition) is 5. The van der Waals surface area contributed by atoms with Gasteiger partial charge in [-0.15, -0.1) is 0 Å². The number of methoxy groups -OCH3 is 1. The molecule has 0 bridgehead atoms. The van der Waals surface area contributed by atoms with Crippen LogP contribution in [-0.2, 0) is 14.3 Å². The monoisotopic (exact) mass is 269 g/mol. The molecule has 0 aliphatic rings. The van der Waals surface area contributed by atoms with E-state index in [1.165, 1.54) is 31.5 Å². The summed E-state index contributed by atoms with van der Waals surface area (Å²) in [5.41, 5.74) is 0.693. The maximum Gasteiger partial charge on any atom is 0.341 e. The van der Waals surface area contributed by atoms with E-state index in [1.54, 1.807) is 6.92 Å². The van der Waals surface area contributed by atoms with E-state index in [9.17, 15) is 9.59 Å². The molecule has 96 valence electrons. The number of pyridine rings is 1. The van der Waals surface area contributed by atoms with E-state index in [2.05, 4.69) is 9.72 Å². The van der Waals surface area contributed by atoms with Crippen molar-refractivity contribution in [3.05, 3.63) is 34.6 Å². The van der Waals surface area contributed by atoms with Crippen LogP contribution in [0.15, 0.2) is 18.3 Å². The third kappa shape index (κ3) is 3.85. The van der Waals surface area contributed by atoms with Gasteiger partial charge < -0.3 is 9.47 Å². The molecule has 0 atom stereocenters. The number of carbonyl (C=O) groups is 2. The third-order valence-corrected chi connectivity index (χ3v) is 2.27. The van der Waals surface area contributed by atoms with Crippen molar-refractivity contribution in [2.75, 3.05) is 13.7 Å². The third-order valence-electron chi connectivity index (χ3n) is 1.96. The Labute approximate surface area is 109 Å². The summed E-state index contributed by atoms with van der Waals surface area (Å²) in [6.07, 6.45) is 4.16. The molecule has 18 heavy (non-hydrogen) atoms. The van der Waals surface area contributed by atoms with Gasteiger partial charge in [-0.05, 0) is 24.6 Å². The largest absolute Gasteiger partial charge is 0.465 e. The second kappa shape index (κ2) is 6.76. The standard InChI is InChI=1S/C12H12ClNO4/c1-3-18-10(15)5-4-8-6-9(12(16)17-2)11(13)14-7-8/h4-7H,3H2,1-2H3. The van der Waals surface area contributed by atoms with Gasteiger partial charge in [-0.3, -0.25) is 0 Å². The minimum Gasteiger partial charge on any atom is -0.465 e. The molecule has 1 aromatic rings. The van der Waals surface area contributed by atoms with Gasteiger partial charge in [0, 0.05) is 12.3 Å².